The molecule has 2 N–H and O–H groups in total. The second kappa shape index (κ2) is 4.84. The largest absolute Gasteiger partial charge is 0.444 e. The molecule has 1 rings (SSSR count). The lowest BCUT2D eigenvalue weighted by atomic mass is 10.1. The lowest BCUT2D eigenvalue weighted by molar-refractivity contribution is 0.0490. The lowest BCUT2D eigenvalue weighted by Gasteiger charge is -2.23. The molecule has 0 bridgehead atoms. The number of carbonyl (C=O) groups is 1. The molecule has 0 aromatic carbocycles. The van der Waals surface area contributed by atoms with E-state index in [2.05, 4.69) is 5.32 Å². The fourth-order valence-electron chi connectivity index (χ4n) is 1.52. The normalized spacial score (nSPS) is 18.4. The van der Waals surface area contributed by atoms with Crippen LogP contribution in [-0.2, 0) is 4.74 Å². The van der Waals surface area contributed by atoms with Crippen LogP contribution in [0.5, 0.6) is 0 Å². The highest BCUT2D eigenvalue weighted by Gasteiger charge is 2.32. The number of aliphatic hydroxyl groups is 1. The van der Waals surface area contributed by atoms with Crippen LogP contribution in [0.4, 0.5) is 4.79 Å². The van der Waals surface area contributed by atoms with Crippen molar-refractivity contribution in [1.82, 2.24) is 5.32 Å². The van der Waals surface area contributed by atoms with Gasteiger partial charge >= 0.3 is 6.09 Å². The van der Waals surface area contributed by atoms with Crippen LogP contribution in [0.3, 0.4) is 0 Å². The van der Waals surface area contributed by atoms with Gasteiger partial charge in [-0.1, -0.05) is 0 Å². The Kier molecular flexibility index (Phi) is 3.97. The second-order valence-corrected chi connectivity index (χ2v) is 5.10. The van der Waals surface area contributed by atoms with E-state index in [4.69, 9.17) is 9.84 Å². The van der Waals surface area contributed by atoms with E-state index in [0.717, 1.165) is 12.8 Å². The first-order valence-corrected chi connectivity index (χ1v) is 5.53. The quantitative estimate of drug-likeness (QED) is 0.750. The van der Waals surface area contributed by atoms with Gasteiger partial charge in [0, 0.05) is 12.6 Å². The summed E-state index contributed by atoms with van der Waals surface area (Å²) in [5.41, 5.74) is -0.461. The van der Waals surface area contributed by atoms with Crippen LogP contribution < -0.4 is 5.32 Å². The maximum absolute atomic E-state index is 11.5. The number of nitrogens with one attached hydrogen (secondary N) is 1. The maximum Gasteiger partial charge on any atom is 0.407 e. The third kappa shape index (κ3) is 5.02. The van der Waals surface area contributed by atoms with Crippen molar-refractivity contribution in [1.29, 1.82) is 0 Å². The van der Waals surface area contributed by atoms with Crippen LogP contribution in [-0.4, -0.2) is 29.4 Å². The highest BCUT2D eigenvalue weighted by atomic mass is 16.6. The first kappa shape index (κ1) is 12.3. The summed E-state index contributed by atoms with van der Waals surface area (Å²) in [6.45, 7) is 5.62. The first-order chi connectivity index (χ1) is 6.92. The molecule has 0 radical (unpaired) electrons. The van der Waals surface area contributed by atoms with Gasteiger partial charge in [-0.05, 0) is 46.0 Å². The number of amides is 1. The zero-order valence-corrected chi connectivity index (χ0v) is 9.75. The summed E-state index contributed by atoms with van der Waals surface area (Å²) in [6.07, 6.45) is 2.51. The molecule has 4 heteroatoms. The minimum atomic E-state index is -0.461. The number of aliphatic hydroxyl groups excluding tert-OH is 1. The molecule has 0 aromatic rings. The Balaban J connectivity index is 2.33. The zero-order valence-electron chi connectivity index (χ0n) is 9.75. The highest BCUT2D eigenvalue weighted by Crippen LogP contribution is 2.34. The number of carbonyl (C=O) groups excluding carboxylic acids is 1. The van der Waals surface area contributed by atoms with Crippen molar-refractivity contribution < 1.29 is 14.6 Å². The topological polar surface area (TPSA) is 58.6 Å². The SMILES string of the molecule is CC(C)(C)OC(=O)N[C@H](CCO)C1CC1. The van der Waals surface area contributed by atoms with Crippen molar-refractivity contribution in [2.24, 2.45) is 5.92 Å². The van der Waals surface area contributed by atoms with Gasteiger partial charge in [0.1, 0.15) is 5.60 Å². The van der Waals surface area contributed by atoms with Crippen molar-refractivity contribution in [3.63, 3.8) is 0 Å². The van der Waals surface area contributed by atoms with Crippen molar-refractivity contribution in [2.75, 3.05) is 6.61 Å². The predicted molar refractivity (Wildman–Crippen MR) is 57.6 cm³/mol. The standard InChI is InChI=1S/C11H21NO3/c1-11(2,3)15-10(14)12-9(6-7-13)8-4-5-8/h8-9,13H,4-7H2,1-3H3,(H,12,14)/t9-/m1/s1. The van der Waals surface area contributed by atoms with Gasteiger partial charge < -0.3 is 15.2 Å². The predicted octanol–water partition coefficient (Wildman–Crippen LogP) is 1.67. The molecule has 15 heavy (non-hydrogen) atoms. The van der Waals surface area contributed by atoms with Crippen LogP contribution in [0.2, 0.25) is 0 Å². The molecule has 0 aromatic heterocycles. The molecule has 0 heterocycles. The smallest absolute Gasteiger partial charge is 0.407 e. The Morgan fingerprint density at radius 3 is 2.53 bits per heavy atom. The molecule has 1 aliphatic carbocycles. The number of alkyl carbamates (subject to hydrolysis) is 1. The Morgan fingerprint density at radius 2 is 2.13 bits per heavy atom. The van der Waals surface area contributed by atoms with E-state index >= 15 is 0 Å². The summed E-state index contributed by atoms with van der Waals surface area (Å²) >= 11 is 0. The summed E-state index contributed by atoms with van der Waals surface area (Å²) < 4.78 is 5.16. The van der Waals surface area contributed by atoms with Crippen molar-refractivity contribution >= 4 is 6.09 Å². The molecular weight excluding hydrogens is 194 g/mol. The Labute approximate surface area is 91.0 Å². The Morgan fingerprint density at radius 1 is 1.53 bits per heavy atom. The summed E-state index contributed by atoms with van der Waals surface area (Å²) in [4.78, 5) is 11.5. The Bertz CT molecular complexity index is 218. The van der Waals surface area contributed by atoms with E-state index in [1.807, 2.05) is 20.8 Å². The fraction of sp³-hybridized carbons (Fsp3) is 0.909. The minimum Gasteiger partial charge on any atom is -0.444 e. The second-order valence-electron chi connectivity index (χ2n) is 5.10. The molecule has 0 spiro atoms. The highest BCUT2D eigenvalue weighted by molar-refractivity contribution is 5.68. The van der Waals surface area contributed by atoms with Crippen LogP contribution in [0.1, 0.15) is 40.0 Å². The van der Waals surface area contributed by atoms with Crippen LogP contribution >= 0.6 is 0 Å². The number of rotatable bonds is 4. The lowest BCUT2D eigenvalue weighted by Crippen LogP contribution is -2.40. The van der Waals surface area contributed by atoms with Crippen LogP contribution in [0.15, 0.2) is 0 Å². The van der Waals surface area contributed by atoms with E-state index in [9.17, 15) is 4.79 Å². The average Bonchev–Trinajstić information content (AvgIpc) is 2.81. The Hall–Kier alpha value is -0.770. The summed E-state index contributed by atoms with van der Waals surface area (Å²) in [5, 5.41) is 11.7. The van der Waals surface area contributed by atoms with Crippen molar-refractivity contribution in [3.05, 3.63) is 0 Å². The van der Waals surface area contributed by atoms with E-state index in [1.54, 1.807) is 0 Å². The van der Waals surface area contributed by atoms with E-state index in [-0.39, 0.29) is 18.7 Å². The van der Waals surface area contributed by atoms with Gasteiger partial charge in [0.25, 0.3) is 0 Å². The van der Waals surface area contributed by atoms with E-state index in [0.29, 0.717) is 12.3 Å². The van der Waals surface area contributed by atoms with Crippen molar-refractivity contribution in [2.45, 2.75) is 51.7 Å². The number of hydrogen-bond acceptors (Lipinski definition) is 3. The molecule has 0 unspecified atom stereocenters. The van der Waals surface area contributed by atoms with Crippen LogP contribution in [0.25, 0.3) is 0 Å². The molecule has 1 amide bonds. The van der Waals surface area contributed by atoms with Crippen molar-refractivity contribution in [3.8, 4) is 0 Å². The summed E-state index contributed by atoms with van der Waals surface area (Å²) in [7, 11) is 0. The molecule has 1 aliphatic rings. The first-order valence-electron chi connectivity index (χ1n) is 5.53. The van der Waals surface area contributed by atoms with Gasteiger partial charge in [-0.25, -0.2) is 4.79 Å². The minimum absolute atomic E-state index is 0.0739. The fourth-order valence-corrected chi connectivity index (χ4v) is 1.52. The molecular formula is C11H21NO3. The monoisotopic (exact) mass is 215 g/mol. The zero-order chi connectivity index (χ0) is 11.5. The molecule has 1 saturated carbocycles. The molecule has 88 valence electrons. The van der Waals surface area contributed by atoms with Gasteiger partial charge in [-0.3, -0.25) is 0 Å². The van der Waals surface area contributed by atoms with Gasteiger partial charge in [-0.2, -0.15) is 0 Å². The molecule has 4 nitrogen and oxygen atoms in total. The van der Waals surface area contributed by atoms with E-state index < -0.39 is 5.60 Å². The number of ether oxygens (including phenoxy) is 1. The summed E-state index contributed by atoms with van der Waals surface area (Å²) in [5.74, 6) is 0.532. The van der Waals surface area contributed by atoms with Gasteiger partial charge in [0.15, 0.2) is 0 Å². The van der Waals surface area contributed by atoms with E-state index in [1.165, 1.54) is 0 Å². The number of hydrogen-bond donors (Lipinski definition) is 2. The summed E-state index contributed by atoms with van der Waals surface area (Å²) in [6, 6.07) is 0.0739. The third-order valence-electron chi connectivity index (χ3n) is 2.33. The molecule has 0 aliphatic heterocycles. The van der Waals surface area contributed by atoms with Gasteiger partial charge in [-0.15, -0.1) is 0 Å². The molecule has 1 fully saturated rings. The van der Waals surface area contributed by atoms with Gasteiger partial charge in [0.05, 0.1) is 0 Å². The third-order valence-corrected chi connectivity index (χ3v) is 2.33. The molecule has 0 saturated heterocycles. The maximum atomic E-state index is 11.5. The molecule has 1 atom stereocenters. The average molecular weight is 215 g/mol. The van der Waals surface area contributed by atoms with Crippen LogP contribution in [0, 0.1) is 5.92 Å². The van der Waals surface area contributed by atoms with Gasteiger partial charge in [0.2, 0.25) is 0 Å².